The van der Waals surface area contributed by atoms with Crippen LogP contribution >= 0.6 is 0 Å². The molecule has 0 aliphatic heterocycles. The molecule has 0 aliphatic rings. The standard InChI is InChI=1S/C3H3N.K.H/c1-2-3-4;;/h2H,1H2;;/q;+1;-1. The average molecular weight is 93.2 g/mol. The van der Waals surface area contributed by atoms with Crippen molar-refractivity contribution in [3.05, 3.63) is 12.7 Å². The van der Waals surface area contributed by atoms with Crippen LogP contribution in [0.15, 0.2) is 12.7 Å². The van der Waals surface area contributed by atoms with Gasteiger partial charge in [-0.05, 0) is 0 Å². The molecule has 0 saturated carbocycles. The van der Waals surface area contributed by atoms with Gasteiger partial charge in [0.1, 0.15) is 0 Å². The van der Waals surface area contributed by atoms with E-state index in [1.165, 1.54) is 6.08 Å². The average Bonchev–Trinajstić information content (AvgIpc) is 1.37. The van der Waals surface area contributed by atoms with E-state index in [1.54, 1.807) is 6.07 Å². The van der Waals surface area contributed by atoms with Crippen molar-refractivity contribution in [1.82, 2.24) is 0 Å². The van der Waals surface area contributed by atoms with Gasteiger partial charge < -0.3 is 1.43 Å². The summed E-state index contributed by atoms with van der Waals surface area (Å²) in [6, 6.07) is 1.69. The quantitative estimate of drug-likeness (QED) is 0.246. The Labute approximate surface area is 75.6 Å². The number of rotatable bonds is 0. The molecule has 5 heavy (non-hydrogen) atoms. The van der Waals surface area contributed by atoms with Crippen molar-refractivity contribution in [1.29, 1.82) is 5.26 Å². The van der Waals surface area contributed by atoms with E-state index in [1.807, 2.05) is 0 Å². The Morgan fingerprint density at radius 1 is 2.00 bits per heavy atom. The molecule has 0 N–H and O–H groups in total. The van der Waals surface area contributed by atoms with Crippen LogP contribution in [-0.4, -0.2) is 0 Å². The molecule has 0 aliphatic carbocycles. The minimum atomic E-state index is 0. The number of nitrogens with zero attached hydrogens (tertiary/aromatic N) is 1. The first-order valence-electron chi connectivity index (χ1n) is 0.921. The van der Waals surface area contributed by atoms with Crippen LogP contribution in [0.1, 0.15) is 1.43 Å². The van der Waals surface area contributed by atoms with Crippen molar-refractivity contribution >= 4 is 0 Å². The molecule has 2 heteroatoms. The normalized spacial score (nSPS) is 3.00. The smallest absolute Gasteiger partial charge is 1.00 e. The molecule has 0 spiro atoms. The SMILES string of the molecule is C=CC#N.[H-].[K+]. The predicted octanol–water partition coefficient (Wildman–Crippen LogP) is -2.19. The Hall–Kier alpha value is 0.866. The van der Waals surface area contributed by atoms with Crippen molar-refractivity contribution < 1.29 is 52.8 Å². The molecular formula is C3H4KN. The van der Waals surface area contributed by atoms with Crippen molar-refractivity contribution in [2.75, 3.05) is 0 Å². The molecule has 0 aromatic carbocycles. The summed E-state index contributed by atoms with van der Waals surface area (Å²) in [7, 11) is 0. The first-order valence-corrected chi connectivity index (χ1v) is 0.921. The summed E-state index contributed by atoms with van der Waals surface area (Å²) < 4.78 is 0. The summed E-state index contributed by atoms with van der Waals surface area (Å²) in [6.07, 6.45) is 1.18. The maximum Gasteiger partial charge on any atom is 1.00 e. The van der Waals surface area contributed by atoms with E-state index in [0.717, 1.165) is 0 Å². The molecule has 0 rings (SSSR count). The Morgan fingerprint density at radius 2 is 2.20 bits per heavy atom. The molecule has 22 valence electrons. The third kappa shape index (κ3) is 11.5. The fourth-order valence-corrected chi connectivity index (χ4v) is 0. The van der Waals surface area contributed by atoms with E-state index in [4.69, 9.17) is 5.26 Å². The zero-order chi connectivity index (χ0) is 3.41. The van der Waals surface area contributed by atoms with Crippen molar-refractivity contribution in [2.45, 2.75) is 0 Å². The molecule has 0 heterocycles. The second-order valence-electron chi connectivity index (χ2n) is 0.333. The molecule has 0 saturated heterocycles. The van der Waals surface area contributed by atoms with Gasteiger partial charge in [-0.2, -0.15) is 5.26 Å². The van der Waals surface area contributed by atoms with Gasteiger partial charge in [-0.3, -0.25) is 0 Å². The minimum absolute atomic E-state index is 0. The van der Waals surface area contributed by atoms with E-state index < -0.39 is 0 Å². The number of allylic oxidation sites excluding steroid dienone is 1. The molecule has 0 bridgehead atoms. The summed E-state index contributed by atoms with van der Waals surface area (Å²) in [5, 5.41) is 7.51. The summed E-state index contributed by atoms with van der Waals surface area (Å²) in [6.45, 7) is 3.12. The van der Waals surface area contributed by atoms with Crippen LogP contribution in [0.4, 0.5) is 0 Å². The fraction of sp³-hybridized carbons (Fsp3) is 0. The summed E-state index contributed by atoms with van der Waals surface area (Å²) in [5.41, 5.74) is 0. The topological polar surface area (TPSA) is 23.8 Å². The molecule has 0 atom stereocenters. The van der Waals surface area contributed by atoms with Crippen LogP contribution in [0.5, 0.6) is 0 Å². The van der Waals surface area contributed by atoms with Gasteiger partial charge in [0.15, 0.2) is 0 Å². The van der Waals surface area contributed by atoms with Crippen LogP contribution in [0.3, 0.4) is 0 Å². The van der Waals surface area contributed by atoms with Crippen molar-refractivity contribution in [3.63, 3.8) is 0 Å². The van der Waals surface area contributed by atoms with Crippen LogP contribution in [-0.2, 0) is 0 Å². The van der Waals surface area contributed by atoms with Gasteiger partial charge in [-0.15, -0.1) is 0 Å². The Balaban J connectivity index is -0.0000000450. The van der Waals surface area contributed by atoms with E-state index >= 15 is 0 Å². The fourth-order valence-electron chi connectivity index (χ4n) is 0. The second kappa shape index (κ2) is 8.85. The monoisotopic (exact) mass is 93.0 g/mol. The third-order valence-electron chi connectivity index (χ3n) is 0.0913. The summed E-state index contributed by atoms with van der Waals surface area (Å²) in [5.74, 6) is 0. The van der Waals surface area contributed by atoms with Gasteiger partial charge in [-0.25, -0.2) is 0 Å². The summed E-state index contributed by atoms with van der Waals surface area (Å²) >= 11 is 0. The van der Waals surface area contributed by atoms with Gasteiger partial charge in [0, 0.05) is 6.08 Å². The Bertz CT molecular complexity index is 56.3. The van der Waals surface area contributed by atoms with E-state index in [2.05, 4.69) is 6.58 Å². The van der Waals surface area contributed by atoms with Crippen molar-refractivity contribution in [2.24, 2.45) is 0 Å². The van der Waals surface area contributed by atoms with E-state index in [0.29, 0.717) is 0 Å². The molecule has 0 amide bonds. The molecule has 0 aromatic rings. The largest absolute Gasteiger partial charge is 1.00 e. The van der Waals surface area contributed by atoms with Gasteiger partial charge >= 0.3 is 51.4 Å². The maximum absolute atomic E-state index is 7.51. The van der Waals surface area contributed by atoms with E-state index in [-0.39, 0.29) is 52.8 Å². The Kier molecular flexibility index (Phi) is 16.5. The molecule has 0 fully saturated rings. The maximum atomic E-state index is 7.51. The third-order valence-corrected chi connectivity index (χ3v) is 0.0913. The molecule has 1 nitrogen and oxygen atoms in total. The molecule has 0 aromatic heterocycles. The van der Waals surface area contributed by atoms with E-state index in [9.17, 15) is 0 Å². The zero-order valence-corrected chi connectivity index (χ0v) is 6.35. The number of hydrogen-bond donors (Lipinski definition) is 0. The zero-order valence-electron chi connectivity index (χ0n) is 4.23. The number of hydrogen-bond acceptors (Lipinski definition) is 1. The van der Waals surface area contributed by atoms with Crippen molar-refractivity contribution in [3.8, 4) is 6.07 Å². The molecule has 0 radical (unpaired) electrons. The second-order valence-corrected chi connectivity index (χ2v) is 0.333. The predicted molar refractivity (Wildman–Crippen MR) is 16.9 cm³/mol. The summed E-state index contributed by atoms with van der Waals surface area (Å²) in [4.78, 5) is 0. The molecular weight excluding hydrogens is 89.1 g/mol. The van der Waals surface area contributed by atoms with Crippen LogP contribution < -0.4 is 51.4 Å². The van der Waals surface area contributed by atoms with Gasteiger partial charge in [0.2, 0.25) is 0 Å². The number of nitriles is 1. The molecule has 0 unspecified atom stereocenters. The van der Waals surface area contributed by atoms with Crippen LogP contribution in [0.2, 0.25) is 0 Å². The first-order chi connectivity index (χ1) is 1.91. The minimum Gasteiger partial charge on any atom is -1.00 e. The first kappa shape index (κ1) is 9.29. The van der Waals surface area contributed by atoms with Crippen LogP contribution in [0, 0.1) is 11.3 Å². The van der Waals surface area contributed by atoms with Crippen LogP contribution in [0.25, 0.3) is 0 Å². The van der Waals surface area contributed by atoms with Gasteiger partial charge in [0.05, 0.1) is 6.07 Å². The van der Waals surface area contributed by atoms with Gasteiger partial charge in [0.25, 0.3) is 0 Å². The van der Waals surface area contributed by atoms with Gasteiger partial charge in [-0.1, -0.05) is 6.58 Å². The Morgan fingerprint density at radius 3 is 2.20 bits per heavy atom.